The number of rotatable bonds is 6. The maximum atomic E-state index is 12.3. The van der Waals surface area contributed by atoms with Crippen molar-refractivity contribution in [2.75, 3.05) is 18.2 Å². The van der Waals surface area contributed by atoms with Crippen LogP contribution in [-0.4, -0.2) is 30.5 Å². The molecule has 0 saturated heterocycles. The molecule has 0 unspecified atom stereocenters. The minimum absolute atomic E-state index is 0.221. The van der Waals surface area contributed by atoms with Crippen LogP contribution in [0.3, 0.4) is 0 Å². The van der Waals surface area contributed by atoms with Crippen LogP contribution in [0.1, 0.15) is 27.6 Å². The number of hydrogen-bond acceptors (Lipinski definition) is 5. The first-order valence-electron chi connectivity index (χ1n) is 7.32. The molecule has 5 nitrogen and oxygen atoms in total. The zero-order valence-electron chi connectivity index (χ0n) is 13.7. The Kier molecular flexibility index (Phi) is 6.78. The molecule has 7 heteroatoms. The Morgan fingerprint density at radius 3 is 2.52 bits per heavy atom. The van der Waals surface area contributed by atoms with Crippen molar-refractivity contribution < 1.29 is 19.1 Å². The maximum Gasteiger partial charge on any atom is 0.338 e. The van der Waals surface area contributed by atoms with Crippen molar-refractivity contribution in [3.63, 3.8) is 0 Å². The van der Waals surface area contributed by atoms with E-state index in [9.17, 15) is 14.4 Å². The second-order valence-electron chi connectivity index (χ2n) is 5.11. The first kappa shape index (κ1) is 19.2. The van der Waals surface area contributed by atoms with Crippen LogP contribution in [-0.2, 0) is 9.53 Å². The van der Waals surface area contributed by atoms with Gasteiger partial charge in [0.05, 0.1) is 11.3 Å². The van der Waals surface area contributed by atoms with Crippen LogP contribution in [0.2, 0.25) is 0 Å². The van der Waals surface area contributed by atoms with Crippen LogP contribution >= 0.6 is 27.7 Å². The molecule has 0 radical (unpaired) electrons. The Bertz CT molecular complexity index is 822. The zero-order valence-corrected chi connectivity index (χ0v) is 16.1. The summed E-state index contributed by atoms with van der Waals surface area (Å²) in [7, 11) is 0. The second kappa shape index (κ2) is 8.82. The van der Waals surface area contributed by atoms with E-state index in [1.54, 1.807) is 42.5 Å². The summed E-state index contributed by atoms with van der Waals surface area (Å²) in [6.45, 7) is 1.03. The molecule has 1 N–H and O–H groups in total. The number of halogens is 1. The highest BCUT2D eigenvalue weighted by atomic mass is 79.9. The number of anilines is 1. The van der Waals surface area contributed by atoms with E-state index >= 15 is 0 Å². The number of carbonyl (C=O) groups excluding carboxylic acids is 3. The lowest BCUT2D eigenvalue weighted by atomic mass is 10.1. The van der Waals surface area contributed by atoms with E-state index in [1.807, 2.05) is 6.26 Å². The van der Waals surface area contributed by atoms with Crippen molar-refractivity contribution in [3.8, 4) is 0 Å². The number of hydrogen-bond donors (Lipinski definition) is 1. The predicted molar refractivity (Wildman–Crippen MR) is 101 cm³/mol. The van der Waals surface area contributed by atoms with E-state index in [-0.39, 0.29) is 18.3 Å². The minimum atomic E-state index is -0.572. The van der Waals surface area contributed by atoms with Crippen LogP contribution in [0.25, 0.3) is 0 Å². The Hall–Kier alpha value is -2.12. The molecule has 1 amide bonds. The van der Waals surface area contributed by atoms with E-state index in [1.165, 1.54) is 18.7 Å². The summed E-state index contributed by atoms with van der Waals surface area (Å²) in [5, 5.41) is 2.69. The van der Waals surface area contributed by atoms with Gasteiger partial charge in [-0.15, -0.1) is 11.8 Å². The molecular formula is C18H16BrNO4S. The quantitative estimate of drug-likeness (QED) is 0.430. The summed E-state index contributed by atoms with van der Waals surface area (Å²) in [5.41, 5.74) is 1.28. The lowest BCUT2D eigenvalue weighted by Gasteiger charge is -2.10. The number of Topliss-reactive ketones (excluding diaryl/α,β-unsaturated/α-hetero) is 1. The molecule has 0 aliphatic rings. The lowest BCUT2D eigenvalue weighted by molar-refractivity contribution is -0.114. The molecule has 0 aromatic heterocycles. The van der Waals surface area contributed by atoms with Gasteiger partial charge in [0.15, 0.2) is 12.4 Å². The highest BCUT2D eigenvalue weighted by molar-refractivity contribution is 9.10. The Morgan fingerprint density at radius 1 is 1.12 bits per heavy atom. The number of nitrogens with one attached hydrogen (secondary N) is 1. The fourth-order valence-electron chi connectivity index (χ4n) is 2.08. The normalized spacial score (nSPS) is 10.2. The average Bonchev–Trinajstić information content (AvgIpc) is 2.58. The topological polar surface area (TPSA) is 72.5 Å². The van der Waals surface area contributed by atoms with E-state index in [4.69, 9.17) is 4.74 Å². The summed E-state index contributed by atoms with van der Waals surface area (Å²) in [6.07, 6.45) is 1.88. The van der Waals surface area contributed by atoms with Crippen molar-refractivity contribution in [2.45, 2.75) is 11.8 Å². The molecule has 25 heavy (non-hydrogen) atoms. The Morgan fingerprint density at radius 2 is 1.88 bits per heavy atom. The average molecular weight is 422 g/mol. The van der Waals surface area contributed by atoms with E-state index in [0.29, 0.717) is 16.8 Å². The standard InChI is InChI=1S/C18H16BrNO4S/c1-11(21)20-15-9-12(6-7-17(15)25-2)16(22)10-24-18(23)13-4-3-5-14(19)8-13/h3-9H,10H2,1-2H3,(H,20,21). The summed E-state index contributed by atoms with van der Waals surface area (Å²) in [4.78, 5) is 36.4. The van der Waals surface area contributed by atoms with Crippen molar-refractivity contribution in [1.82, 2.24) is 0 Å². The molecule has 0 atom stereocenters. The first-order valence-corrected chi connectivity index (χ1v) is 9.34. The lowest BCUT2D eigenvalue weighted by Crippen LogP contribution is -2.15. The fourth-order valence-corrected chi connectivity index (χ4v) is 3.02. The molecular weight excluding hydrogens is 406 g/mol. The second-order valence-corrected chi connectivity index (χ2v) is 6.87. The molecule has 2 aromatic carbocycles. The van der Waals surface area contributed by atoms with Crippen LogP contribution in [0.5, 0.6) is 0 Å². The van der Waals surface area contributed by atoms with E-state index in [0.717, 1.165) is 9.37 Å². The fraction of sp³-hybridized carbons (Fsp3) is 0.167. The molecule has 2 rings (SSSR count). The number of thioether (sulfide) groups is 1. The summed E-state index contributed by atoms with van der Waals surface area (Å²) in [6, 6.07) is 11.7. The molecule has 0 aliphatic carbocycles. The van der Waals surface area contributed by atoms with Gasteiger partial charge < -0.3 is 10.1 Å². The van der Waals surface area contributed by atoms with Gasteiger partial charge in [-0.25, -0.2) is 4.79 Å². The van der Waals surface area contributed by atoms with Crippen molar-refractivity contribution in [1.29, 1.82) is 0 Å². The Balaban J connectivity index is 2.07. The van der Waals surface area contributed by atoms with Gasteiger partial charge in [-0.2, -0.15) is 0 Å². The third-order valence-electron chi connectivity index (χ3n) is 3.23. The zero-order chi connectivity index (χ0) is 18.4. The van der Waals surface area contributed by atoms with Gasteiger partial charge in [-0.3, -0.25) is 9.59 Å². The van der Waals surface area contributed by atoms with Gasteiger partial charge in [-0.1, -0.05) is 28.1 Å². The summed E-state index contributed by atoms with van der Waals surface area (Å²) in [5.74, 6) is -1.14. The summed E-state index contributed by atoms with van der Waals surface area (Å²) < 4.78 is 5.83. The highest BCUT2D eigenvalue weighted by Crippen LogP contribution is 2.26. The van der Waals surface area contributed by atoms with Crippen molar-refractivity contribution >= 4 is 51.0 Å². The highest BCUT2D eigenvalue weighted by Gasteiger charge is 2.14. The SMILES string of the molecule is CSc1ccc(C(=O)COC(=O)c2cccc(Br)c2)cc1NC(C)=O. The van der Waals surface area contributed by atoms with Crippen LogP contribution < -0.4 is 5.32 Å². The van der Waals surface area contributed by atoms with Crippen LogP contribution in [0.4, 0.5) is 5.69 Å². The number of esters is 1. The number of ketones is 1. The molecule has 0 heterocycles. The molecule has 0 bridgehead atoms. The summed E-state index contributed by atoms with van der Waals surface area (Å²) >= 11 is 4.74. The molecule has 2 aromatic rings. The number of amides is 1. The van der Waals surface area contributed by atoms with Gasteiger partial charge >= 0.3 is 5.97 Å². The molecule has 130 valence electrons. The van der Waals surface area contributed by atoms with E-state index in [2.05, 4.69) is 21.2 Å². The predicted octanol–water partition coefficient (Wildman–Crippen LogP) is 4.17. The monoisotopic (exact) mass is 421 g/mol. The first-order chi connectivity index (χ1) is 11.9. The third kappa shape index (κ3) is 5.44. The number of benzene rings is 2. The molecule has 0 aliphatic heterocycles. The molecule has 0 saturated carbocycles. The van der Waals surface area contributed by atoms with Crippen molar-refractivity contribution in [2.24, 2.45) is 0 Å². The maximum absolute atomic E-state index is 12.3. The number of carbonyl (C=O) groups is 3. The Labute approximate surface area is 158 Å². The van der Waals surface area contributed by atoms with Gasteiger partial charge in [0.1, 0.15) is 0 Å². The van der Waals surface area contributed by atoms with E-state index < -0.39 is 5.97 Å². The number of ether oxygens (including phenoxy) is 1. The van der Waals surface area contributed by atoms with Gasteiger partial charge in [0.25, 0.3) is 0 Å². The van der Waals surface area contributed by atoms with Crippen molar-refractivity contribution in [3.05, 3.63) is 58.1 Å². The minimum Gasteiger partial charge on any atom is -0.454 e. The molecule has 0 fully saturated rings. The van der Waals surface area contributed by atoms with Crippen LogP contribution in [0.15, 0.2) is 51.8 Å². The largest absolute Gasteiger partial charge is 0.454 e. The smallest absolute Gasteiger partial charge is 0.338 e. The third-order valence-corrected chi connectivity index (χ3v) is 4.52. The van der Waals surface area contributed by atoms with Crippen LogP contribution in [0, 0.1) is 0 Å². The molecule has 0 spiro atoms. The van der Waals surface area contributed by atoms with Gasteiger partial charge in [0.2, 0.25) is 5.91 Å². The van der Waals surface area contributed by atoms with Gasteiger partial charge in [0, 0.05) is 21.9 Å². The van der Waals surface area contributed by atoms with Gasteiger partial charge in [-0.05, 0) is 36.6 Å².